The second-order valence-corrected chi connectivity index (χ2v) is 5.54. The monoisotopic (exact) mass is 235 g/mol. The third-order valence-electron chi connectivity index (χ3n) is 2.71. The Hall–Kier alpha value is -1.13. The fourth-order valence-corrected chi connectivity index (χ4v) is 2.86. The second-order valence-electron chi connectivity index (χ2n) is 4.08. The first-order chi connectivity index (χ1) is 7.66. The zero-order valence-electron chi connectivity index (χ0n) is 9.87. The summed E-state index contributed by atoms with van der Waals surface area (Å²) < 4.78 is 0. The molecule has 0 aliphatic heterocycles. The highest BCUT2D eigenvalue weighted by atomic mass is 32.1. The number of aromatic nitrogens is 2. The van der Waals surface area contributed by atoms with Gasteiger partial charge in [0.05, 0.1) is 6.20 Å². The fourth-order valence-electron chi connectivity index (χ4n) is 1.84. The number of aryl methyl sites for hydroxylation is 2. The van der Waals surface area contributed by atoms with Crippen molar-refractivity contribution in [2.24, 2.45) is 0 Å². The summed E-state index contributed by atoms with van der Waals surface area (Å²) >= 11 is 1.86. The van der Waals surface area contributed by atoms with Gasteiger partial charge in [0.15, 0.2) is 0 Å². The highest BCUT2D eigenvalue weighted by Crippen LogP contribution is 2.26. The molecule has 0 aliphatic rings. The number of thiophene rings is 1. The fraction of sp³-hybridized carbons (Fsp3) is 0.417. The van der Waals surface area contributed by atoms with Crippen LogP contribution in [0.4, 0.5) is 0 Å². The smallest absolute Gasteiger partial charge is 0.0532 e. The molecule has 2 rings (SSSR count). The van der Waals surface area contributed by atoms with Crippen LogP contribution in [0.3, 0.4) is 0 Å². The largest absolute Gasteiger partial charge is 0.306 e. The van der Waals surface area contributed by atoms with Crippen LogP contribution in [0.15, 0.2) is 18.5 Å². The second kappa shape index (κ2) is 4.80. The zero-order chi connectivity index (χ0) is 11.5. The van der Waals surface area contributed by atoms with E-state index in [0.29, 0.717) is 6.04 Å². The molecule has 2 N–H and O–H groups in total. The van der Waals surface area contributed by atoms with E-state index < -0.39 is 0 Å². The van der Waals surface area contributed by atoms with E-state index >= 15 is 0 Å². The predicted molar refractivity (Wildman–Crippen MR) is 67.6 cm³/mol. The number of rotatable bonds is 4. The van der Waals surface area contributed by atoms with Gasteiger partial charge >= 0.3 is 0 Å². The van der Waals surface area contributed by atoms with E-state index in [1.807, 2.05) is 23.7 Å². The van der Waals surface area contributed by atoms with E-state index in [0.717, 1.165) is 6.54 Å². The average molecular weight is 235 g/mol. The molecule has 0 spiro atoms. The minimum absolute atomic E-state index is 0.389. The molecule has 0 aromatic carbocycles. The van der Waals surface area contributed by atoms with Crippen molar-refractivity contribution in [3.8, 4) is 0 Å². The first-order valence-electron chi connectivity index (χ1n) is 5.45. The van der Waals surface area contributed by atoms with E-state index in [2.05, 4.69) is 42.4 Å². The topological polar surface area (TPSA) is 40.7 Å². The van der Waals surface area contributed by atoms with E-state index in [1.165, 1.54) is 20.9 Å². The Morgan fingerprint density at radius 1 is 1.50 bits per heavy atom. The van der Waals surface area contributed by atoms with Gasteiger partial charge in [-0.3, -0.25) is 5.10 Å². The minimum Gasteiger partial charge on any atom is -0.306 e. The standard InChI is InChI=1S/C12H17N3S/c1-8-4-12(10(3)16-8)9(2)13-5-11-6-14-15-7-11/h4,6-7,9,13H,5H2,1-3H3,(H,14,15). The number of hydrogen-bond acceptors (Lipinski definition) is 3. The highest BCUT2D eigenvalue weighted by Gasteiger charge is 2.10. The van der Waals surface area contributed by atoms with Crippen LogP contribution < -0.4 is 5.32 Å². The molecular weight excluding hydrogens is 218 g/mol. The van der Waals surface area contributed by atoms with Crippen LogP contribution in [-0.4, -0.2) is 10.2 Å². The van der Waals surface area contributed by atoms with Crippen molar-refractivity contribution < 1.29 is 0 Å². The van der Waals surface area contributed by atoms with Gasteiger partial charge in [0, 0.05) is 34.1 Å². The molecule has 1 atom stereocenters. The van der Waals surface area contributed by atoms with Gasteiger partial charge in [-0.1, -0.05) is 0 Å². The third kappa shape index (κ3) is 2.51. The van der Waals surface area contributed by atoms with E-state index in [-0.39, 0.29) is 0 Å². The normalized spacial score (nSPS) is 12.9. The maximum atomic E-state index is 3.93. The van der Waals surface area contributed by atoms with Crippen molar-refractivity contribution in [2.45, 2.75) is 33.4 Å². The summed E-state index contributed by atoms with van der Waals surface area (Å²) in [6.45, 7) is 7.40. The Kier molecular flexibility index (Phi) is 3.41. The summed E-state index contributed by atoms with van der Waals surface area (Å²) in [5, 5.41) is 10.3. The van der Waals surface area contributed by atoms with Gasteiger partial charge < -0.3 is 5.32 Å². The Balaban J connectivity index is 1.98. The van der Waals surface area contributed by atoms with Crippen LogP contribution >= 0.6 is 11.3 Å². The summed E-state index contributed by atoms with van der Waals surface area (Å²) in [5.74, 6) is 0. The van der Waals surface area contributed by atoms with Gasteiger partial charge in [-0.2, -0.15) is 5.10 Å². The Labute approximate surface area is 99.9 Å². The van der Waals surface area contributed by atoms with Crippen LogP contribution in [0.5, 0.6) is 0 Å². The molecule has 3 nitrogen and oxygen atoms in total. The Bertz CT molecular complexity index is 445. The lowest BCUT2D eigenvalue weighted by Crippen LogP contribution is -2.17. The molecule has 0 saturated carbocycles. The van der Waals surface area contributed by atoms with Crippen LogP contribution in [0.25, 0.3) is 0 Å². The molecule has 2 heterocycles. The van der Waals surface area contributed by atoms with Crippen LogP contribution in [0, 0.1) is 13.8 Å². The van der Waals surface area contributed by atoms with Crippen LogP contribution in [0.2, 0.25) is 0 Å². The lowest BCUT2D eigenvalue weighted by atomic mass is 10.1. The molecular formula is C12H17N3S. The summed E-state index contributed by atoms with van der Waals surface area (Å²) in [7, 11) is 0. The summed E-state index contributed by atoms with van der Waals surface area (Å²) in [4.78, 5) is 2.79. The van der Waals surface area contributed by atoms with Crippen molar-refractivity contribution in [3.63, 3.8) is 0 Å². The molecule has 86 valence electrons. The minimum atomic E-state index is 0.389. The molecule has 0 bridgehead atoms. The van der Waals surface area contributed by atoms with Gasteiger partial charge in [0.25, 0.3) is 0 Å². The highest BCUT2D eigenvalue weighted by molar-refractivity contribution is 7.12. The maximum absolute atomic E-state index is 3.93. The molecule has 4 heteroatoms. The van der Waals surface area contributed by atoms with Crippen molar-refractivity contribution in [3.05, 3.63) is 39.3 Å². The molecule has 2 aromatic rings. The molecule has 0 amide bonds. The molecule has 16 heavy (non-hydrogen) atoms. The average Bonchev–Trinajstić information content (AvgIpc) is 2.84. The Morgan fingerprint density at radius 3 is 2.88 bits per heavy atom. The summed E-state index contributed by atoms with van der Waals surface area (Å²) in [5.41, 5.74) is 2.60. The first kappa shape index (κ1) is 11.4. The van der Waals surface area contributed by atoms with Crippen molar-refractivity contribution in [1.29, 1.82) is 0 Å². The van der Waals surface area contributed by atoms with Gasteiger partial charge in [-0.05, 0) is 32.4 Å². The molecule has 0 saturated heterocycles. The van der Waals surface area contributed by atoms with Gasteiger partial charge in [-0.25, -0.2) is 0 Å². The van der Waals surface area contributed by atoms with Crippen molar-refractivity contribution in [2.75, 3.05) is 0 Å². The lowest BCUT2D eigenvalue weighted by molar-refractivity contribution is 0.574. The number of aromatic amines is 1. The molecule has 0 radical (unpaired) electrons. The quantitative estimate of drug-likeness (QED) is 0.855. The van der Waals surface area contributed by atoms with Gasteiger partial charge in [0.1, 0.15) is 0 Å². The summed E-state index contributed by atoms with van der Waals surface area (Å²) in [6.07, 6.45) is 3.77. The van der Waals surface area contributed by atoms with Crippen molar-refractivity contribution >= 4 is 11.3 Å². The van der Waals surface area contributed by atoms with E-state index in [9.17, 15) is 0 Å². The number of nitrogens with zero attached hydrogens (tertiary/aromatic N) is 1. The predicted octanol–water partition coefficient (Wildman–Crippen LogP) is 2.94. The SMILES string of the molecule is Cc1cc(C(C)NCc2cn[nH]c2)c(C)s1. The first-order valence-corrected chi connectivity index (χ1v) is 6.26. The molecule has 0 fully saturated rings. The van der Waals surface area contributed by atoms with Crippen LogP contribution in [-0.2, 0) is 6.54 Å². The summed E-state index contributed by atoms with van der Waals surface area (Å²) in [6, 6.07) is 2.66. The lowest BCUT2D eigenvalue weighted by Gasteiger charge is -2.12. The van der Waals surface area contributed by atoms with Gasteiger partial charge in [-0.15, -0.1) is 11.3 Å². The van der Waals surface area contributed by atoms with E-state index in [1.54, 1.807) is 0 Å². The molecule has 1 unspecified atom stereocenters. The zero-order valence-corrected chi connectivity index (χ0v) is 10.7. The van der Waals surface area contributed by atoms with Gasteiger partial charge in [0.2, 0.25) is 0 Å². The van der Waals surface area contributed by atoms with Crippen LogP contribution in [0.1, 0.15) is 33.8 Å². The number of hydrogen-bond donors (Lipinski definition) is 2. The van der Waals surface area contributed by atoms with E-state index in [4.69, 9.17) is 0 Å². The number of nitrogens with one attached hydrogen (secondary N) is 2. The Morgan fingerprint density at radius 2 is 2.31 bits per heavy atom. The maximum Gasteiger partial charge on any atom is 0.0532 e. The molecule has 0 aliphatic carbocycles. The van der Waals surface area contributed by atoms with Crippen molar-refractivity contribution in [1.82, 2.24) is 15.5 Å². The number of H-pyrrole nitrogens is 1. The molecule has 2 aromatic heterocycles. The third-order valence-corrected chi connectivity index (χ3v) is 3.69.